The summed E-state index contributed by atoms with van der Waals surface area (Å²) in [7, 11) is 0. The Hall–Kier alpha value is -1.40. The van der Waals surface area contributed by atoms with Gasteiger partial charge >= 0.3 is 0 Å². The van der Waals surface area contributed by atoms with E-state index < -0.39 is 0 Å². The monoisotopic (exact) mass is 308 g/mol. The number of aliphatic hydroxyl groups excluding tert-OH is 1. The molecule has 1 aromatic heterocycles. The molecule has 6 heteroatoms. The zero-order chi connectivity index (χ0) is 16.2. The molecule has 1 aliphatic rings. The number of ether oxygens (including phenoxy) is 1. The highest BCUT2D eigenvalue weighted by Gasteiger charge is 2.29. The van der Waals surface area contributed by atoms with Gasteiger partial charge in [-0.3, -0.25) is 9.88 Å². The first-order valence-electron chi connectivity index (χ1n) is 7.98. The van der Waals surface area contributed by atoms with Crippen LogP contribution in [0.15, 0.2) is 12.4 Å². The zero-order valence-electron chi connectivity index (χ0n) is 14.1. The number of hydrogen-bond donors (Lipinski definition) is 1. The number of aromatic nitrogens is 2. The van der Waals surface area contributed by atoms with Gasteiger partial charge in [-0.15, -0.1) is 0 Å². The van der Waals surface area contributed by atoms with Gasteiger partial charge in [0.05, 0.1) is 25.6 Å². The summed E-state index contributed by atoms with van der Waals surface area (Å²) in [6.45, 7) is 12.8. The molecule has 1 N–H and O–H groups in total. The summed E-state index contributed by atoms with van der Waals surface area (Å²) in [5.74, 6) is 1.92. The van der Waals surface area contributed by atoms with Crippen molar-refractivity contribution in [2.75, 3.05) is 44.3 Å². The lowest BCUT2D eigenvalue weighted by atomic mass is 10.0. The van der Waals surface area contributed by atoms with Crippen LogP contribution in [0.25, 0.3) is 0 Å². The number of hydrogen-bond acceptors (Lipinski definition) is 6. The van der Waals surface area contributed by atoms with Crippen molar-refractivity contribution in [3.8, 4) is 5.88 Å². The summed E-state index contributed by atoms with van der Waals surface area (Å²) in [5, 5.41) is 9.48. The summed E-state index contributed by atoms with van der Waals surface area (Å²) in [4.78, 5) is 13.3. The van der Waals surface area contributed by atoms with Crippen LogP contribution in [0.3, 0.4) is 0 Å². The van der Waals surface area contributed by atoms with Gasteiger partial charge in [0.2, 0.25) is 5.88 Å². The molecular formula is C16H28N4O2. The number of aliphatic hydroxyl groups is 1. The van der Waals surface area contributed by atoms with Crippen molar-refractivity contribution in [1.29, 1.82) is 0 Å². The maximum Gasteiger partial charge on any atom is 0.234 e. The van der Waals surface area contributed by atoms with E-state index in [0.29, 0.717) is 18.4 Å². The van der Waals surface area contributed by atoms with Gasteiger partial charge in [-0.25, -0.2) is 0 Å². The molecule has 0 spiro atoms. The minimum absolute atomic E-state index is 0.167. The van der Waals surface area contributed by atoms with Crippen molar-refractivity contribution in [2.24, 2.45) is 5.92 Å². The molecule has 0 bridgehead atoms. The molecule has 6 nitrogen and oxygen atoms in total. The van der Waals surface area contributed by atoms with Crippen molar-refractivity contribution in [1.82, 2.24) is 14.9 Å². The minimum atomic E-state index is -0.167. The molecule has 2 rings (SSSR count). The predicted octanol–water partition coefficient (Wildman–Crippen LogP) is 1.40. The topological polar surface area (TPSA) is 61.7 Å². The second-order valence-electron chi connectivity index (χ2n) is 6.87. The second kappa shape index (κ2) is 7.24. The van der Waals surface area contributed by atoms with Crippen molar-refractivity contribution >= 4 is 5.82 Å². The van der Waals surface area contributed by atoms with Crippen molar-refractivity contribution in [3.63, 3.8) is 0 Å². The summed E-state index contributed by atoms with van der Waals surface area (Å²) >= 11 is 0. The molecule has 2 heterocycles. The zero-order valence-corrected chi connectivity index (χ0v) is 14.1. The number of anilines is 1. The standard InChI is InChI=1S/C16H28N4O2/c1-13(2)11-22-15-10-17-9-14(18-15)19-5-7-20(8-6-19)16(3,4)12-21/h9-10,13,21H,5-8,11-12H2,1-4H3. The lowest BCUT2D eigenvalue weighted by molar-refractivity contribution is 0.0525. The van der Waals surface area contributed by atoms with Crippen LogP contribution in [-0.2, 0) is 0 Å². The molecule has 0 aromatic carbocycles. The maximum atomic E-state index is 9.48. The van der Waals surface area contributed by atoms with E-state index in [2.05, 4.69) is 47.5 Å². The quantitative estimate of drug-likeness (QED) is 0.857. The fourth-order valence-corrected chi connectivity index (χ4v) is 2.45. The molecule has 1 saturated heterocycles. The van der Waals surface area contributed by atoms with Crippen LogP contribution in [0.1, 0.15) is 27.7 Å². The summed E-state index contributed by atoms with van der Waals surface area (Å²) < 4.78 is 5.65. The molecule has 1 fully saturated rings. The van der Waals surface area contributed by atoms with E-state index in [4.69, 9.17) is 4.74 Å². The molecular weight excluding hydrogens is 280 g/mol. The van der Waals surface area contributed by atoms with E-state index in [1.54, 1.807) is 12.4 Å². The molecule has 1 aromatic rings. The molecule has 0 aliphatic carbocycles. The smallest absolute Gasteiger partial charge is 0.234 e. The average molecular weight is 308 g/mol. The Kier molecular flexibility index (Phi) is 5.58. The van der Waals surface area contributed by atoms with Crippen LogP contribution < -0.4 is 9.64 Å². The SMILES string of the molecule is CC(C)COc1cncc(N2CCN(C(C)(C)CO)CC2)n1. The number of nitrogens with zero attached hydrogens (tertiary/aromatic N) is 4. The van der Waals surface area contributed by atoms with Crippen molar-refractivity contribution in [3.05, 3.63) is 12.4 Å². The van der Waals surface area contributed by atoms with Crippen LogP contribution >= 0.6 is 0 Å². The highest BCUT2D eigenvalue weighted by molar-refractivity contribution is 5.38. The third-order valence-electron chi connectivity index (χ3n) is 4.01. The molecule has 22 heavy (non-hydrogen) atoms. The van der Waals surface area contributed by atoms with Gasteiger partial charge in [0, 0.05) is 31.7 Å². The van der Waals surface area contributed by atoms with Gasteiger partial charge in [0.25, 0.3) is 0 Å². The Labute approximate surface area is 133 Å². The molecule has 0 saturated carbocycles. The first kappa shape index (κ1) is 17.0. The fourth-order valence-electron chi connectivity index (χ4n) is 2.45. The molecule has 0 unspecified atom stereocenters. The van der Waals surface area contributed by atoms with Crippen molar-refractivity contribution < 1.29 is 9.84 Å². The minimum Gasteiger partial charge on any atom is -0.476 e. The molecule has 1 aliphatic heterocycles. The third-order valence-corrected chi connectivity index (χ3v) is 4.01. The fraction of sp³-hybridized carbons (Fsp3) is 0.750. The lowest BCUT2D eigenvalue weighted by Crippen LogP contribution is -2.56. The first-order chi connectivity index (χ1) is 10.4. The third kappa shape index (κ3) is 4.30. The van der Waals surface area contributed by atoms with E-state index >= 15 is 0 Å². The van der Waals surface area contributed by atoms with Crippen LogP contribution in [0.5, 0.6) is 5.88 Å². The van der Waals surface area contributed by atoms with Crippen LogP contribution in [-0.4, -0.2) is 64.9 Å². The average Bonchev–Trinajstić information content (AvgIpc) is 2.53. The lowest BCUT2D eigenvalue weighted by Gasteiger charge is -2.43. The van der Waals surface area contributed by atoms with Gasteiger partial charge in [-0.2, -0.15) is 4.98 Å². The molecule has 0 amide bonds. The normalized spacial score (nSPS) is 17.1. The number of rotatable bonds is 6. The van der Waals surface area contributed by atoms with E-state index in [1.165, 1.54) is 0 Å². The van der Waals surface area contributed by atoms with E-state index in [0.717, 1.165) is 32.0 Å². The Morgan fingerprint density at radius 1 is 1.23 bits per heavy atom. The number of piperazine rings is 1. The Balaban J connectivity index is 1.95. The van der Waals surface area contributed by atoms with Crippen LogP contribution in [0, 0.1) is 5.92 Å². The summed E-state index contributed by atoms with van der Waals surface area (Å²) in [5.41, 5.74) is -0.167. The second-order valence-corrected chi connectivity index (χ2v) is 6.87. The summed E-state index contributed by atoms with van der Waals surface area (Å²) in [6, 6.07) is 0. The van der Waals surface area contributed by atoms with Crippen molar-refractivity contribution in [2.45, 2.75) is 33.2 Å². The Bertz CT molecular complexity index is 471. The maximum absolute atomic E-state index is 9.48. The molecule has 0 radical (unpaired) electrons. The largest absolute Gasteiger partial charge is 0.476 e. The predicted molar refractivity (Wildman–Crippen MR) is 87.3 cm³/mol. The van der Waals surface area contributed by atoms with Crippen LogP contribution in [0.4, 0.5) is 5.82 Å². The van der Waals surface area contributed by atoms with Gasteiger partial charge in [0.1, 0.15) is 0 Å². The highest BCUT2D eigenvalue weighted by Crippen LogP contribution is 2.20. The Morgan fingerprint density at radius 3 is 2.50 bits per heavy atom. The first-order valence-corrected chi connectivity index (χ1v) is 7.98. The van der Waals surface area contributed by atoms with Gasteiger partial charge < -0.3 is 14.7 Å². The summed E-state index contributed by atoms with van der Waals surface area (Å²) in [6.07, 6.45) is 3.45. The van der Waals surface area contributed by atoms with Gasteiger partial charge in [-0.05, 0) is 19.8 Å². The highest BCUT2D eigenvalue weighted by atomic mass is 16.5. The van der Waals surface area contributed by atoms with Crippen LogP contribution in [0.2, 0.25) is 0 Å². The molecule has 0 atom stereocenters. The molecule has 124 valence electrons. The van der Waals surface area contributed by atoms with Gasteiger partial charge in [-0.1, -0.05) is 13.8 Å². The van der Waals surface area contributed by atoms with E-state index in [9.17, 15) is 5.11 Å². The Morgan fingerprint density at radius 2 is 1.91 bits per heavy atom. The van der Waals surface area contributed by atoms with Gasteiger partial charge in [0.15, 0.2) is 5.82 Å². The van der Waals surface area contributed by atoms with E-state index in [1.807, 2.05) is 0 Å². The van der Waals surface area contributed by atoms with E-state index in [-0.39, 0.29) is 12.1 Å².